The van der Waals surface area contributed by atoms with Crippen molar-refractivity contribution in [1.29, 1.82) is 0 Å². The summed E-state index contributed by atoms with van der Waals surface area (Å²) in [6, 6.07) is 11.5. The maximum Gasteiger partial charge on any atom is 0.261 e. The Morgan fingerprint density at radius 3 is 2.38 bits per heavy atom. The van der Waals surface area contributed by atoms with E-state index in [1.165, 1.54) is 0 Å². The van der Waals surface area contributed by atoms with Gasteiger partial charge in [-0.1, -0.05) is 12.1 Å². The predicted octanol–water partition coefficient (Wildman–Crippen LogP) is 2.48. The van der Waals surface area contributed by atoms with Crippen LogP contribution in [0.15, 0.2) is 41.2 Å². The highest BCUT2D eigenvalue weighted by Gasteiger charge is 2.19. The van der Waals surface area contributed by atoms with E-state index in [0.29, 0.717) is 29.2 Å². The quantitative estimate of drug-likeness (QED) is 0.661. The van der Waals surface area contributed by atoms with Gasteiger partial charge in [0, 0.05) is 32.6 Å². The first-order valence-corrected chi connectivity index (χ1v) is 9.64. The molecule has 0 unspecified atom stereocenters. The molecule has 7 nitrogen and oxygen atoms in total. The van der Waals surface area contributed by atoms with Gasteiger partial charge in [0.25, 0.3) is 5.56 Å². The number of hydrogen-bond donors (Lipinski definition) is 0. The number of fused-ring (bicyclic) bond motifs is 2. The molecule has 4 rings (SSSR count). The molecular weight excluding hydrogens is 370 g/mol. The van der Waals surface area contributed by atoms with Crippen molar-refractivity contribution in [2.24, 2.45) is 0 Å². The third-order valence-corrected chi connectivity index (χ3v) is 5.36. The highest BCUT2D eigenvalue weighted by Crippen LogP contribution is 2.38. The molecule has 0 bridgehead atoms. The first-order chi connectivity index (χ1) is 14.1. The van der Waals surface area contributed by atoms with E-state index in [4.69, 9.17) is 19.2 Å². The summed E-state index contributed by atoms with van der Waals surface area (Å²) in [4.78, 5) is 19.9. The third-order valence-electron chi connectivity index (χ3n) is 5.36. The van der Waals surface area contributed by atoms with E-state index in [-0.39, 0.29) is 5.56 Å². The van der Waals surface area contributed by atoms with E-state index < -0.39 is 0 Å². The van der Waals surface area contributed by atoms with E-state index in [9.17, 15) is 4.79 Å². The zero-order valence-electron chi connectivity index (χ0n) is 17.0. The number of benzene rings is 2. The summed E-state index contributed by atoms with van der Waals surface area (Å²) in [5, 5.41) is 0.675. The Balaban J connectivity index is 1.59. The Kier molecular flexibility index (Phi) is 5.40. The van der Waals surface area contributed by atoms with Crippen LogP contribution in [-0.2, 0) is 19.5 Å². The normalized spacial score (nSPS) is 14.3. The van der Waals surface area contributed by atoms with Gasteiger partial charge < -0.3 is 14.2 Å². The summed E-state index contributed by atoms with van der Waals surface area (Å²) >= 11 is 0. The number of hydrogen-bond acceptors (Lipinski definition) is 6. The molecule has 152 valence electrons. The molecule has 0 N–H and O–H groups in total. The van der Waals surface area contributed by atoms with Crippen LogP contribution >= 0.6 is 0 Å². The van der Waals surface area contributed by atoms with Crippen LogP contribution in [0, 0.1) is 0 Å². The van der Waals surface area contributed by atoms with Crippen LogP contribution in [0.1, 0.15) is 11.4 Å². The fraction of sp³-hybridized carbons (Fsp3) is 0.364. The first-order valence-electron chi connectivity index (χ1n) is 9.64. The summed E-state index contributed by atoms with van der Waals surface area (Å²) in [5.41, 5.74) is 1.87. The van der Waals surface area contributed by atoms with Crippen LogP contribution in [-0.4, -0.2) is 48.9 Å². The Labute approximate surface area is 169 Å². The zero-order chi connectivity index (χ0) is 20.4. The summed E-state index contributed by atoms with van der Waals surface area (Å²) in [6.07, 6.45) is 0.727. The molecule has 0 aliphatic carbocycles. The largest absolute Gasteiger partial charge is 0.493 e. The molecule has 0 radical (unpaired) electrons. The van der Waals surface area contributed by atoms with Crippen LogP contribution in [0.5, 0.6) is 17.2 Å². The second kappa shape index (κ2) is 8.13. The van der Waals surface area contributed by atoms with Crippen LogP contribution < -0.4 is 19.8 Å². The van der Waals surface area contributed by atoms with Crippen molar-refractivity contribution in [1.82, 2.24) is 14.5 Å². The van der Waals surface area contributed by atoms with E-state index in [1.807, 2.05) is 41.0 Å². The van der Waals surface area contributed by atoms with Gasteiger partial charge in [0.05, 0.1) is 32.2 Å². The topological polar surface area (TPSA) is 65.8 Å². The van der Waals surface area contributed by atoms with Gasteiger partial charge in [-0.05, 0) is 29.8 Å². The minimum absolute atomic E-state index is 0.0419. The maximum atomic E-state index is 12.9. The second-order valence-corrected chi connectivity index (χ2v) is 7.06. The Bertz CT molecular complexity index is 1070. The molecule has 3 aromatic rings. The van der Waals surface area contributed by atoms with Crippen molar-refractivity contribution < 1.29 is 14.2 Å². The molecule has 0 spiro atoms. The molecule has 1 aliphatic heterocycles. The molecule has 0 fully saturated rings. The molecule has 0 amide bonds. The molecule has 0 atom stereocenters. The van der Waals surface area contributed by atoms with Gasteiger partial charge in [-0.3, -0.25) is 14.3 Å². The van der Waals surface area contributed by atoms with Crippen LogP contribution in [0.2, 0.25) is 0 Å². The summed E-state index contributed by atoms with van der Waals surface area (Å²) < 4.78 is 18.2. The minimum Gasteiger partial charge on any atom is -0.493 e. The number of para-hydroxylation sites is 1. The number of nitrogens with zero attached hydrogens (tertiary/aromatic N) is 3. The summed E-state index contributed by atoms with van der Waals surface area (Å²) in [7, 11) is 4.83. The number of aromatic nitrogens is 2. The van der Waals surface area contributed by atoms with Gasteiger partial charge in [0.15, 0.2) is 11.5 Å². The van der Waals surface area contributed by atoms with Crippen LogP contribution in [0.4, 0.5) is 0 Å². The van der Waals surface area contributed by atoms with Gasteiger partial charge >= 0.3 is 0 Å². The molecule has 0 saturated heterocycles. The second-order valence-electron chi connectivity index (χ2n) is 7.06. The summed E-state index contributed by atoms with van der Waals surface area (Å²) in [5.74, 6) is 2.72. The van der Waals surface area contributed by atoms with Crippen molar-refractivity contribution in [2.45, 2.75) is 19.5 Å². The van der Waals surface area contributed by atoms with Gasteiger partial charge in [-0.25, -0.2) is 4.98 Å². The number of methoxy groups -OCH3 is 3. The van der Waals surface area contributed by atoms with E-state index in [2.05, 4.69) is 4.90 Å². The zero-order valence-corrected chi connectivity index (χ0v) is 17.0. The van der Waals surface area contributed by atoms with Crippen LogP contribution in [0.25, 0.3) is 10.9 Å². The number of rotatable bonds is 5. The van der Waals surface area contributed by atoms with Crippen molar-refractivity contribution in [3.05, 3.63) is 58.1 Å². The lowest BCUT2D eigenvalue weighted by atomic mass is 10.1. The third kappa shape index (κ3) is 3.65. The fourth-order valence-corrected chi connectivity index (χ4v) is 3.89. The van der Waals surface area contributed by atoms with Gasteiger partial charge in [-0.2, -0.15) is 0 Å². The van der Waals surface area contributed by atoms with E-state index >= 15 is 0 Å². The van der Waals surface area contributed by atoms with Crippen molar-refractivity contribution >= 4 is 10.9 Å². The van der Waals surface area contributed by atoms with E-state index in [0.717, 1.165) is 43.0 Å². The maximum absolute atomic E-state index is 12.9. The SMILES string of the molecule is COc1cc(CN2CCc3nc4ccccc4c(=O)n3CC2)cc(OC)c1OC. The van der Waals surface area contributed by atoms with Crippen molar-refractivity contribution in [2.75, 3.05) is 34.4 Å². The smallest absolute Gasteiger partial charge is 0.261 e. The highest BCUT2D eigenvalue weighted by molar-refractivity contribution is 5.77. The fourth-order valence-electron chi connectivity index (χ4n) is 3.89. The molecule has 1 aromatic heterocycles. The van der Waals surface area contributed by atoms with Gasteiger partial charge in [0.2, 0.25) is 5.75 Å². The first kappa shape index (κ1) is 19.3. The minimum atomic E-state index is 0.0419. The molecule has 29 heavy (non-hydrogen) atoms. The van der Waals surface area contributed by atoms with Gasteiger partial charge in [0.1, 0.15) is 5.82 Å². The Morgan fingerprint density at radius 2 is 1.69 bits per heavy atom. The molecule has 1 aliphatic rings. The summed E-state index contributed by atoms with van der Waals surface area (Å²) in [6.45, 7) is 2.93. The Morgan fingerprint density at radius 1 is 0.966 bits per heavy atom. The van der Waals surface area contributed by atoms with Crippen LogP contribution in [0.3, 0.4) is 0 Å². The Hall–Kier alpha value is -3.06. The van der Waals surface area contributed by atoms with E-state index in [1.54, 1.807) is 21.3 Å². The average molecular weight is 395 g/mol. The van der Waals surface area contributed by atoms with Gasteiger partial charge in [-0.15, -0.1) is 0 Å². The molecular formula is C22H25N3O4. The molecule has 7 heteroatoms. The number of ether oxygens (including phenoxy) is 3. The highest BCUT2D eigenvalue weighted by atomic mass is 16.5. The monoisotopic (exact) mass is 395 g/mol. The predicted molar refractivity (Wildman–Crippen MR) is 111 cm³/mol. The standard InChI is InChI=1S/C22H25N3O4/c1-27-18-12-15(13-19(28-2)21(18)29-3)14-24-9-8-20-23-17-7-5-4-6-16(17)22(26)25(20)11-10-24/h4-7,12-13H,8-11,14H2,1-3H3. The average Bonchev–Trinajstić information content (AvgIpc) is 2.95. The lowest BCUT2D eigenvalue weighted by Gasteiger charge is -2.21. The molecule has 2 aromatic carbocycles. The lowest BCUT2D eigenvalue weighted by Crippen LogP contribution is -2.28. The van der Waals surface area contributed by atoms with Crippen molar-refractivity contribution in [3.8, 4) is 17.2 Å². The molecule has 0 saturated carbocycles. The molecule has 2 heterocycles. The lowest BCUT2D eigenvalue weighted by molar-refractivity contribution is 0.269. The van der Waals surface area contributed by atoms with Crippen molar-refractivity contribution in [3.63, 3.8) is 0 Å².